The Labute approximate surface area is 223 Å². The van der Waals surface area contributed by atoms with Crippen molar-refractivity contribution < 1.29 is 9.53 Å². The van der Waals surface area contributed by atoms with Gasteiger partial charge in [0.2, 0.25) is 0 Å². The highest BCUT2D eigenvalue weighted by Gasteiger charge is 2.15. The number of hydrogen-bond acceptors (Lipinski definition) is 4. The van der Waals surface area contributed by atoms with Crippen LogP contribution in [-0.4, -0.2) is 22.0 Å². The van der Waals surface area contributed by atoms with E-state index in [4.69, 9.17) is 14.8 Å². The van der Waals surface area contributed by atoms with Gasteiger partial charge in [0.15, 0.2) is 5.82 Å². The molecule has 5 heteroatoms. The molecule has 0 bridgehead atoms. The lowest BCUT2D eigenvalue weighted by Crippen LogP contribution is -2.12. The van der Waals surface area contributed by atoms with Gasteiger partial charge in [-0.15, -0.1) is 0 Å². The third-order valence-electron chi connectivity index (χ3n) is 6.18. The molecule has 5 rings (SSSR count). The molecule has 0 atom stereocenters. The Balaban J connectivity index is 1.33. The fourth-order valence-corrected chi connectivity index (χ4v) is 4.01. The Bertz CT molecular complexity index is 1550. The zero-order chi connectivity index (χ0) is 26.5. The molecule has 0 radical (unpaired) electrons. The first-order chi connectivity index (χ1) is 18.4. The second-order valence-corrected chi connectivity index (χ2v) is 10.0. The maximum absolute atomic E-state index is 12.6. The van der Waals surface area contributed by atoms with Crippen molar-refractivity contribution in [2.45, 2.75) is 26.2 Å². The number of carbonyl (C=O) groups excluding carboxylic acids is 1. The summed E-state index contributed by atoms with van der Waals surface area (Å²) in [5, 5.41) is 4.80. The Hall–Kier alpha value is -4.77. The van der Waals surface area contributed by atoms with Gasteiger partial charge < -0.3 is 4.74 Å². The molecule has 0 fully saturated rings. The molecule has 0 aliphatic heterocycles. The van der Waals surface area contributed by atoms with E-state index in [0.29, 0.717) is 17.1 Å². The van der Waals surface area contributed by atoms with E-state index in [0.717, 1.165) is 22.5 Å². The van der Waals surface area contributed by atoms with E-state index in [1.165, 1.54) is 5.56 Å². The van der Waals surface area contributed by atoms with Crippen molar-refractivity contribution in [2.75, 3.05) is 0 Å². The molecular weight excluding hydrogens is 470 g/mol. The first kappa shape index (κ1) is 24.9. The fraction of sp³-hybridized carbons (Fsp3) is 0.121. The average Bonchev–Trinajstić information content (AvgIpc) is 3.38. The van der Waals surface area contributed by atoms with E-state index in [9.17, 15) is 4.79 Å². The van der Waals surface area contributed by atoms with Crippen molar-refractivity contribution in [3.63, 3.8) is 0 Å². The highest BCUT2D eigenvalue weighted by Crippen LogP contribution is 2.27. The van der Waals surface area contributed by atoms with Crippen LogP contribution < -0.4 is 4.74 Å². The van der Waals surface area contributed by atoms with Gasteiger partial charge in [-0.1, -0.05) is 81.4 Å². The van der Waals surface area contributed by atoms with Gasteiger partial charge in [0.25, 0.3) is 0 Å². The van der Waals surface area contributed by atoms with Crippen LogP contribution in [0.1, 0.15) is 42.3 Å². The maximum Gasteiger partial charge on any atom is 0.343 e. The topological polar surface area (TPSA) is 56.5 Å². The Morgan fingerprint density at radius 2 is 1.45 bits per heavy atom. The molecule has 5 aromatic rings. The standard InChI is InChI=1S/C33H29N3O2/c1-33(2,3)27-18-16-26(17-19-27)32(37)38-29-20-14-24(15-21-29)23-34-31-22-30(25-10-6-4-7-11-25)35-36(31)28-12-8-5-9-13-28/h4-23H,1-3H3/b34-23+. The molecule has 38 heavy (non-hydrogen) atoms. The Kier molecular flexibility index (Phi) is 7.00. The summed E-state index contributed by atoms with van der Waals surface area (Å²) < 4.78 is 7.41. The summed E-state index contributed by atoms with van der Waals surface area (Å²) in [6.07, 6.45) is 1.78. The van der Waals surface area contributed by atoms with Crippen LogP contribution in [0.2, 0.25) is 0 Å². The summed E-state index contributed by atoms with van der Waals surface area (Å²) in [5.74, 6) is 0.809. The van der Waals surface area contributed by atoms with Gasteiger partial charge in [0.1, 0.15) is 5.75 Å². The summed E-state index contributed by atoms with van der Waals surface area (Å²) in [6, 6.07) is 36.8. The van der Waals surface area contributed by atoms with Crippen molar-refractivity contribution >= 4 is 18.0 Å². The van der Waals surface area contributed by atoms with Crippen LogP contribution in [0.5, 0.6) is 5.75 Å². The zero-order valence-electron chi connectivity index (χ0n) is 21.7. The van der Waals surface area contributed by atoms with Gasteiger partial charge in [0, 0.05) is 17.8 Å². The van der Waals surface area contributed by atoms with Gasteiger partial charge >= 0.3 is 5.97 Å². The Morgan fingerprint density at radius 3 is 2.08 bits per heavy atom. The van der Waals surface area contributed by atoms with Crippen LogP contribution in [-0.2, 0) is 5.41 Å². The molecule has 0 aliphatic rings. The number of ether oxygens (including phenoxy) is 1. The minimum absolute atomic E-state index is 0.0295. The van der Waals surface area contributed by atoms with Crippen molar-refractivity contribution in [1.82, 2.24) is 9.78 Å². The number of rotatable bonds is 6. The molecule has 1 aromatic heterocycles. The lowest BCUT2D eigenvalue weighted by Gasteiger charge is -2.18. The zero-order valence-corrected chi connectivity index (χ0v) is 21.7. The molecule has 0 amide bonds. The van der Waals surface area contributed by atoms with Crippen LogP contribution in [0.25, 0.3) is 16.9 Å². The number of aliphatic imine (C=N–C) groups is 1. The molecule has 5 nitrogen and oxygen atoms in total. The average molecular weight is 500 g/mol. The minimum atomic E-state index is -0.382. The number of benzene rings is 4. The number of hydrogen-bond donors (Lipinski definition) is 0. The predicted octanol–water partition coefficient (Wildman–Crippen LogP) is 7.81. The predicted molar refractivity (Wildman–Crippen MR) is 153 cm³/mol. The largest absolute Gasteiger partial charge is 0.423 e. The normalized spacial score (nSPS) is 11.6. The van der Waals surface area contributed by atoms with E-state index in [1.807, 2.05) is 108 Å². The maximum atomic E-state index is 12.6. The van der Waals surface area contributed by atoms with Gasteiger partial charge in [0.05, 0.1) is 16.9 Å². The summed E-state index contributed by atoms with van der Waals surface area (Å²) >= 11 is 0. The second-order valence-electron chi connectivity index (χ2n) is 10.0. The molecule has 0 saturated heterocycles. The quantitative estimate of drug-likeness (QED) is 0.136. The lowest BCUT2D eigenvalue weighted by atomic mass is 9.87. The fourth-order valence-electron chi connectivity index (χ4n) is 4.01. The number of para-hydroxylation sites is 1. The SMILES string of the molecule is CC(C)(C)c1ccc(C(=O)Oc2ccc(/C=N/c3cc(-c4ccccc4)nn3-c3ccccc3)cc2)cc1. The number of nitrogens with zero attached hydrogens (tertiary/aromatic N) is 3. The van der Waals surface area contributed by atoms with Crippen LogP contribution in [0.4, 0.5) is 5.82 Å². The molecule has 188 valence electrons. The van der Waals surface area contributed by atoms with Gasteiger partial charge in [-0.3, -0.25) is 0 Å². The molecular formula is C33H29N3O2. The molecule has 4 aromatic carbocycles. The van der Waals surface area contributed by atoms with E-state index >= 15 is 0 Å². The molecule has 0 saturated carbocycles. The van der Waals surface area contributed by atoms with Crippen LogP contribution in [0, 0.1) is 0 Å². The summed E-state index contributed by atoms with van der Waals surface area (Å²) in [4.78, 5) is 17.3. The van der Waals surface area contributed by atoms with Crippen LogP contribution in [0.15, 0.2) is 120 Å². The summed E-state index contributed by atoms with van der Waals surface area (Å²) in [7, 11) is 0. The minimum Gasteiger partial charge on any atom is -0.423 e. The molecule has 0 unspecified atom stereocenters. The van der Waals surface area contributed by atoms with Crippen molar-refractivity contribution in [1.29, 1.82) is 0 Å². The van der Waals surface area contributed by atoms with Crippen molar-refractivity contribution in [2.24, 2.45) is 4.99 Å². The van der Waals surface area contributed by atoms with Gasteiger partial charge in [-0.05, 0) is 65.1 Å². The summed E-state index contributed by atoms with van der Waals surface area (Å²) in [6.45, 7) is 6.43. The van der Waals surface area contributed by atoms with Gasteiger partial charge in [-0.25, -0.2) is 14.5 Å². The number of aromatic nitrogens is 2. The van der Waals surface area contributed by atoms with E-state index < -0.39 is 0 Å². The molecule has 0 N–H and O–H groups in total. The first-order valence-electron chi connectivity index (χ1n) is 12.5. The van der Waals surface area contributed by atoms with E-state index in [-0.39, 0.29) is 11.4 Å². The molecule has 0 aliphatic carbocycles. The first-order valence-corrected chi connectivity index (χ1v) is 12.5. The molecule has 1 heterocycles. The van der Waals surface area contributed by atoms with Gasteiger partial charge in [-0.2, -0.15) is 5.10 Å². The lowest BCUT2D eigenvalue weighted by molar-refractivity contribution is 0.0734. The smallest absolute Gasteiger partial charge is 0.343 e. The monoisotopic (exact) mass is 499 g/mol. The molecule has 0 spiro atoms. The van der Waals surface area contributed by atoms with E-state index in [1.54, 1.807) is 18.3 Å². The van der Waals surface area contributed by atoms with Crippen LogP contribution in [0.3, 0.4) is 0 Å². The summed E-state index contributed by atoms with van der Waals surface area (Å²) in [5.41, 5.74) is 5.40. The third-order valence-corrected chi connectivity index (χ3v) is 6.18. The van der Waals surface area contributed by atoms with Crippen LogP contribution >= 0.6 is 0 Å². The number of esters is 1. The third kappa shape index (κ3) is 5.79. The van der Waals surface area contributed by atoms with Crippen molar-refractivity contribution in [3.8, 4) is 22.7 Å². The van der Waals surface area contributed by atoms with E-state index in [2.05, 4.69) is 20.8 Å². The van der Waals surface area contributed by atoms with Crippen molar-refractivity contribution in [3.05, 3.63) is 132 Å². The highest BCUT2D eigenvalue weighted by atomic mass is 16.5. The highest BCUT2D eigenvalue weighted by molar-refractivity contribution is 5.91. The number of carbonyl (C=O) groups is 1. The Morgan fingerprint density at radius 1 is 0.816 bits per heavy atom. The second kappa shape index (κ2) is 10.7.